The summed E-state index contributed by atoms with van der Waals surface area (Å²) in [6.45, 7) is 0.477. The first-order valence-corrected chi connectivity index (χ1v) is 10.7. The molecule has 3 rings (SSSR count). The Morgan fingerprint density at radius 2 is 1.83 bits per heavy atom. The highest BCUT2D eigenvalue weighted by atomic mass is 35.5. The van der Waals surface area contributed by atoms with Gasteiger partial charge in [0.25, 0.3) is 5.91 Å². The van der Waals surface area contributed by atoms with Crippen LogP contribution in [0.15, 0.2) is 65.4 Å². The fraction of sp³-hybridized carbons (Fsp3) is 0.182. The molecule has 0 spiro atoms. The van der Waals surface area contributed by atoms with Crippen molar-refractivity contribution in [3.05, 3.63) is 92.1 Å². The molecule has 0 bridgehead atoms. The van der Waals surface area contributed by atoms with Crippen molar-refractivity contribution in [3.63, 3.8) is 0 Å². The van der Waals surface area contributed by atoms with Crippen molar-refractivity contribution in [2.75, 3.05) is 7.05 Å². The van der Waals surface area contributed by atoms with Gasteiger partial charge in [-0.2, -0.15) is 11.3 Å². The second kappa shape index (κ2) is 9.92. The first kappa shape index (κ1) is 21.4. The van der Waals surface area contributed by atoms with Crippen molar-refractivity contribution >= 4 is 46.4 Å². The van der Waals surface area contributed by atoms with Gasteiger partial charge in [-0.25, -0.2) is 0 Å². The molecule has 0 unspecified atom stereocenters. The number of amides is 2. The molecule has 0 aliphatic carbocycles. The normalized spacial score (nSPS) is 11.7. The van der Waals surface area contributed by atoms with E-state index in [2.05, 4.69) is 5.32 Å². The number of benzene rings is 2. The highest BCUT2D eigenvalue weighted by Gasteiger charge is 2.26. The minimum absolute atomic E-state index is 0.168. The second-order valence-corrected chi connectivity index (χ2v) is 8.29. The lowest BCUT2D eigenvalue weighted by atomic mass is 10.0. The molecule has 1 aromatic heterocycles. The number of thiophene rings is 1. The highest BCUT2D eigenvalue weighted by molar-refractivity contribution is 7.07. The monoisotopic (exact) mass is 446 g/mol. The molecule has 2 aromatic carbocycles. The maximum Gasteiger partial charge on any atom is 0.253 e. The number of carbonyl (C=O) groups excluding carboxylic acids is 2. The van der Waals surface area contributed by atoms with Crippen LogP contribution in [0.25, 0.3) is 0 Å². The van der Waals surface area contributed by atoms with E-state index in [0.29, 0.717) is 18.0 Å². The van der Waals surface area contributed by atoms with Gasteiger partial charge < -0.3 is 10.2 Å². The summed E-state index contributed by atoms with van der Waals surface area (Å²) in [5.41, 5.74) is 2.29. The van der Waals surface area contributed by atoms with Crippen molar-refractivity contribution in [3.8, 4) is 0 Å². The van der Waals surface area contributed by atoms with Crippen LogP contribution < -0.4 is 5.32 Å². The number of nitrogens with one attached hydrogen (secondary N) is 1. The van der Waals surface area contributed by atoms with Crippen molar-refractivity contribution in [2.45, 2.75) is 19.0 Å². The van der Waals surface area contributed by atoms with Crippen LogP contribution in [-0.2, 0) is 17.8 Å². The van der Waals surface area contributed by atoms with Gasteiger partial charge in [0.2, 0.25) is 5.91 Å². The number of nitrogens with zero attached hydrogens (tertiary/aromatic N) is 1. The summed E-state index contributed by atoms with van der Waals surface area (Å²) in [6, 6.07) is 15.5. The largest absolute Gasteiger partial charge is 0.340 e. The predicted octanol–water partition coefficient (Wildman–Crippen LogP) is 5.05. The molecule has 2 amide bonds. The van der Waals surface area contributed by atoms with Gasteiger partial charge in [-0.05, 0) is 46.2 Å². The van der Waals surface area contributed by atoms with E-state index in [-0.39, 0.29) is 16.5 Å². The van der Waals surface area contributed by atoms with Crippen molar-refractivity contribution < 1.29 is 9.59 Å². The van der Waals surface area contributed by atoms with Gasteiger partial charge in [0.1, 0.15) is 6.04 Å². The van der Waals surface area contributed by atoms with Gasteiger partial charge in [-0.15, -0.1) is 0 Å². The Kier molecular flexibility index (Phi) is 7.31. The number of carbonyl (C=O) groups is 2. The van der Waals surface area contributed by atoms with E-state index in [9.17, 15) is 9.59 Å². The van der Waals surface area contributed by atoms with E-state index in [4.69, 9.17) is 23.2 Å². The molecule has 0 saturated heterocycles. The summed E-state index contributed by atoms with van der Waals surface area (Å²) in [7, 11) is 1.74. The third-order valence-electron chi connectivity index (χ3n) is 4.44. The summed E-state index contributed by atoms with van der Waals surface area (Å²) in [6.07, 6.45) is 0.380. The minimum atomic E-state index is -0.722. The molecule has 150 valence electrons. The zero-order valence-corrected chi connectivity index (χ0v) is 18.1. The summed E-state index contributed by atoms with van der Waals surface area (Å²) in [4.78, 5) is 27.6. The molecule has 0 aliphatic heterocycles. The van der Waals surface area contributed by atoms with Gasteiger partial charge in [0.05, 0.1) is 10.6 Å². The Bertz CT molecular complexity index is 978. The van der Waals surface area contributed by atoms with Crippen LogP contribution in [0.3, 0.4) is 0 Å². The average Bonchev–Trinajstić information content (AvgIpc) is 3.20. The van der Waals surface area contributed by atoms with E-state index >= 15 is 0 Å². The number of hydrogen-bond acceptors (Lipinski definition) is 3. The first-order valence-electron chi connectivity index (χ1n) is 9.00. The van der Waals surface area contributed by atoms with E-state index in [0.717, 1.165) is 11.1 Å². The molecule has 4 nitrogen and oxygen atoms in total. The van der Waals surface area contributed by atoms with Gasteiger partial charge in [0, 0.05) is 25.0 Å². The molecule has 7 heteroatoms. The van der Waals surface area contributed by atoms with Gasteiger partial charge in [0.15, 0.2) is 0 Å². The van der Waals surface area contributed by atoms with Crippen LogP contribution in [-0.4, -0.2) is 29.8 Å². The van der Waals surface area contributed by atoms with Crippen LogP contribution in [0.2, 0.25) is 10.0 Å². The Labute approximate surface area is 184 Å². The van der Waals surface area contributed by atoms with Gasteiger partial charge in [-0.1, -0.05) is 53.5 Å². The molecule has 1 N–H and O–H groups in total. The van der Waals surface area contributed by atoms with Crippen LogP contribution in [0.1, 0.15) is 21.5 Å². The van der Waals surface area contributed by atoms with E-state index < -0.39 is 11.9 Å². The molecule has 0 radical (unpaired) electrons. The fourth-order valence-corrected chi connectivity index (χ4v) is 4.11. The molecule has 0 aliphatic rings. The van der Waals surface area contributed by atoms with Crippen molar-refractivity contribution in [1.82, 2.24) is 10.2 Å². The maximum atomic E-state index is 13.1. The lowest BCUT2D eigenvalue weighted by Crippen LogP contribution is -2.48. The molecule has 3 aromatic rings. The Balaban J connectivity index is 1.80. The maximum absolute atomic E-state index is 13.1. The van der Waals surface area contributed by atoms with Crippen molar-refractivity contribution in [1.29, 1.82) is 0 Å². The standard InChI is InChI=1S/C22H20Cl2N2O2S/c1-26(13-16-9-10-29-14-16)22(28)20(11-15-5-3-2-4-6-15)25-21(27)18-8-7-17(23)12-19(18)24/h2-10,12,14,20H,11,13H2,1H3,(H,25,27)/t20-/m0/s1. The van der Waals surface area contributed by atoms with Gasteiger partial charge in [-0.3, -0.25) is 9.59 Å². The molecule has 0 saturated carbocycles. The second-order valence-electron chi connectivity index (χ2n) is 6.67. The SMILES string of the molecule is CN(Cc1ccsc1)C(=O)[C@H](Cc1ccccc1)NC(=O)c1ccc(Cl)cc1Cl. The van der Waals surface area contributed by atoms with Crippen LogP contribution in [0.5, 0.6) is 0 Å². The van der Waals surface area contributed by atoms with Crippen LogP contribution >= 0.6 is 34.5 Å². The summed E-state index contributed by atoms with van der Waals surface area (Å²) < 4.78 is 0. The first-order chi connectivity index (χ1) is 13.9. The van der Waals surface area contributed by atoms with E-state index in [1.807, 2.05) is 47.2 Å². The van der Waals surface area contributed by atoms with E-state index in [1.54, 1.807) is 35.4 Å². The number of rotatable bonds is 7. The molecule has 0 fully saturated rings. The molecular formula is C22H20Cl2N2O2S. The lowest BCUT2D eigenvalue weighted by Gasteiger charge is -2.25. The average molecular weight is 447 g/mol. The predicted molar refractivity (Wildman–Crippen MR) is 119 cm³/mol. The third kappa shape index (κ3) is 5.82. The quantitative estimate of drug-likeness (QED) is 0.551. The number of hydrogen-bond donors (Lipinski definition) is 1. The summed E-state index contributed by atoms with van der Waals surface area (Å²) >= 11 is 13.7. The topological polar surface area (TPSA) is 49.4 Å². The molecule has 29 heavy (non-hydrogen) atoms. The minimum Gasteiger partial charge on any atom is -0.340 e. The van der Waals surface area contributed by atoms with Crippen LogP contribution in [0.4, 0.5) is 0 Å². The van der Waals surface area contributed by atoms with Crippen LogP contribution in [0, 0.1) is 0 Å². The zero-order chi connectivity index (χ0) is 20.8. The highest BCUT2D eigenvalue weighted by Crippen LogP contribution is 2.21. The smallest absolute Gasteiger partial charge is 0.253 e. The number of likely N-dealkylation sites (N-methyl/N-ethyl adjacent to an activating group) is 1. The summed E-state index contributed by atoms with van der Waals surface area (Å²) in [5, 5.41) is 7.51. The Morgan fingerprint density at radius 1 is 1.07 bits per heavy atom. The molecule has 1 atom stereocenters. The lowest BCUT2D eigenvalue weighted by molar-refractivity contribution is -0.132. The molecule has 1 heterocycles. The zero-order valence-electron chi connectivity index (χ0n) is 15.8. The fourth-order valence-electron chi connectivity index (χ4n) is 2.96. The van der Waals surface area contributed by atoms with Gasteiger partial charge >= 0.3 is 0 Å². The van der Waals surface area contributed by atoms with E-state index in [1.165, 1.54) is 6.07 Å². The Hall–Kier alpha value is -2.34. The molecular weight excluding hydrogens is 427 g/mol. The van der Waals surface area contributed by atoms with Crippen molar-refractivity contribution in [2.24, 2.45) is 0 Å². The summed E-state index contributed by atoms with van der Waals surface area (Å²) in [5.74, 6) is -0.580. The number of halogens is 2. The third-order valence-corrected chi connectivity index (χ3v) is 5.72. The Morgan fingerprint density at radius 3 is 2.48 bits per heavy atom.